The summed E-state index contributed by atoms with van der Waals surface area (Å²) in [5.41, 5.74) is 2.15. The Bertz CT molecular complexity index is 783. The van der Waals surface area contributed by atoms with Crippen LogP contribution in [-0.2, 0) is 19.5 Å². The Labute approximate surface area is 135 Å². The number of hydrogen-bond donors (Lipinski definition) is 2. The van der Waals surface area contributed by atoms with Crippen LogP contribution in [0.25, 0.3) is 0 Å². The van der Waals surface area contributed by atoms with Crippen molar-refractivity contribution in [2.75, 3.05) is 6.54 Å². The molecule has 0 atom stereocenters. The molecule has 3 heterocycles. The average molecular weight is 344 g/mol. The highest BCUT2D eigenvalue weighted by Gasteiger charge is 2.21. The normalized spacial score (nSPS) is 15.0. The predicted molar refractivity (Wildman–Crippen MR) is 82.1 cm³/mol. The second kappa shape index (κ2) is 5.84. The number of nitrogens with zero attached hydrogens (tertiary/aromatic N) is 3. The van der Waals surface area contributed by atoms with Crippen molar-refractivity contribution in [2.24, 2.45) is 0 Å². The molecule has 2 aromatic heterocycles. The quantitative estimate of drug-likeness (QED) is 0.644. The predicted octanol–water partition coefficient (Wildman–Crippen LogP) is 2.09. The van der Waals surface area contributed by atoms with E-state index in [4.69, 9.17) is 35.4 Å². The molecule has 3 rings (SSSR count). The van der Waals surface area contributed by atoms with E-state index in [9.17, 15) is 4.79 Å². The second-order valence-electron chi connectivity index (χ2n) is 4.76. The minimum absolute atomic E-state index is 0.118. The number of halogens is 2. The van der Waals surface area contributed by atoms with Crippen LogP contribution in [0.3, 0.4) is 0 Å². The van der Waals surface area contributed by atoms with Gasteiger partial charge in [0.2, 0.25) is 0 Å². The molecular formula is C12H11Cl2N5OS. The van der Waals surface area contributed by atoms with Crippen LogP contribution >= 0.6 is 35.4 Å². The third kappa shape index (κ3) is 3.01. The van der Waals surface area contributed by atoms with E-state index in [1.165, 1.54) is 6.33 Å². The van der Waals surface area contributed by atoms with Gasteiger partial charge < -0.3 is 4.98 Å². The molecule has 0 aromatic carbocycles. The smallest absolute Gasteiger partial charge is 0.255 e. The van der Waals surface area contributed by atoms with E-state index in [1.54, 1.807) is 0 Å². The van der Waals surface area contributed by atoms with Crippen LogP contribution in [-0.4, -0.2) is 31.4 Å². The molecule has 2 aromatic rings. The van der Waals surface area contributed by atoms with Gasteiger partial charge in [0.05, 0.1) is 0 Å². The molecule has 0 saturated heterocycles. The van der Waals surface area contributed by atoms with Gasteiger partial charge in [-0.15, -0.1) is 0 Å². The zero-order valence-electron chi connectivity index (χ0n) is 10.8. The fourth-order valence-electron chi connectivity index (χ4n) is 2.39. The summed E-state index contributed by atoms with van der Waals surface area (Å²) >= 11 is 17.1. The molecule has 0 spiro atoms. The van der Waals surface area contributed by atoms with Crippen molar-refractivity contribution in [3.05, 3.63) is 48.6 Å². The monoisotopic (exact) mass is 343 g/mol. The van der Waals surface area contributed by atoms with Gasteiger partial charge in [0.25, 0.3) is 5.56 Å². The Morgan fingerprint density at radius 3 is 2.71 bits per heavy atom. The van der Waals surface area contributed by atoms with Crippen molar-refractivity contribution in [3.8, 4) is 0 Å². The van der Waals surface area contributed by atoms with E-state index in [0.717, 1.165) is 17.8 Å². The molecule has 21 heavy (non-hydrogen) atoms. The van der Waals surface area contributed by atoms with Crippen LogP contribution < -0.4 is 5.56 Å². The Morgan fingerprint density at radius 1 is 1.29 bits per heavy atom. The summed E-state index contributed by atoms with van der Waals surface area (Å²) in [6, 6.07) is 0. The highest BCUT2D eigenvalue weighted by atomic mass is 35.5. The molecule has 1 aliphatic rings. The largest absolute Gasteiger partial charge is 0.334 e. The zero-order chi connectivity index (χ0) is 15.0. The maximum Gasteiger partial charge on any atom is 0.255 e. The van der Waals surface area contributed by atoms with Crippen molar-refractivity contribution in [3.63, 3.8) is 0 Å². The third-order valence-electron chi connectivity index (χ3n) is 3.41. The molecule has 110 valence electrons. The summed E-state index contributed by atoms with van der Waals surface area (Å²) in [7, 11) is 0. The van der Waals surface area contributed by atoms with Crippen molar-refractivity contribution >= 4 is 35.4 Å². The molecule has 0 bridgehead atoms. The summed E-state index contributed by atoms with van der Waals surface area (Å²) in [5, 5.41) is 0.694. The van der Waals surface area contributed by atoms with Gasteiger partial charge in [0.15, 0.2) is 4.77 Å². The number of rotatable bonds is 2. The Hall–Kier alpha value is -1.28. The first-order chi connectivity index (χ1) is 10.0. The van der Waals surface area contributed by atoms with E-state index in [0.29, 0.717) is 40.2 Å². The Balaban J connectivity index is 1.87. The van der Waals surface area contributed by atoms with E-state index in [1.807, 2.05) is 0 Å². The minimum Gasteiger partial charge on any atom is -0.334 e. The summed E-state index contributed by atoms with van der Waals surface area (Å²) in [6.45, 7) is 1.82. The Morgan fingerprint density at radius 2 is 2.00 bits per heavy atom. The number of nitrogens with one attached hydrogen (secondary N) is 2. The standard InChI is InChI=1S/C12H11Cl2N5OS/c13-9-7(10(14)16-5-15-9)3-19-2-1-6-8(4-19)17-12(21)18-11(6)20/h5H,1-4H2,(H2,17,18,20,21). The van der Waals surface area contributed by atoms with Gasteiger partial charge in [-0.3, -0.25) is 14.7 Å². The van der Waals surface area contributed by atoms with Crippen LogP contribution in [0.2, 0.25) is 10.3 Å². The van der Waals surface area contributed by atoms with Gasteiger partial charge in [0.1, 0.15) is 16.6 Å². The van der Waals surface area contributed by atoms with E-state index >= 15 is 0 Å². The van der Waals surface area contributed by atoms with Crippen molar-refractivity contribution in [1.82, 2.24) is 24.8 Å². The lowest BCUT2D eigenvalue weighted by Crippen LogP contribution is -2.35. The number of fused-ring (bicyclic) bond motifs is 1. The number of aromatic amines is 2. The van der Waals surface area contributed by atoms with Crippen LogP contribution in [0.5, 0.6) is 0 Å². The van der Waals surface area contributed by atoms with Gasteiger partial charge in [-0.05, 0) is 18.6 Å². The lowest BCUT2D eigenvalue weighted by molar-refractivity contribution is 0.240. The van der Waals surface area contributed by atoms with Gasteiger partial charge >= 0.3 is 0 Å². The minimum atomic E-state index is -0.118. The average Bonchev–Trinajstić information content (AvgIpc) is 2.42. The second-order valence-corrected chi connectivity index (χ2v) is 5.88. The topological polar surface area (TPSA) is 77.7 Å². The third-order valence-corrected chi connectivity index (χ3v) is 4.27. The van der Waals surface area contributed by atoms with E-state index < -0.39 is 0 Å². The first kappa shape index (κ1) is 14.6. The van der Waals surface area contributed by atoms with Crippen LogP contribution in [0.1, 0.15) is 16.8 Å². The highest BCUT2D eigenvalue weighted by molar-refractivity contribution is 7.71. The van der Waals surface area contributed by atoms with Crippen LogP contribution in [0.15, 0.2) is 11.1 Å². The van der Waals surface area contributed by atoms with Gasteiger partial charge in [-0.2, -0.15) is 0 Å². The molecule has 0 fully saturated rings. The molecule has 0 aliphatic carbocycles. The Kier molecular flexibility index (Phi) is 4.08. The van der Waals surface area contributed by atoms with Crippen LogP contribution in [0, 0.1) is 4.77 Å². The summed E-state index contributed by atoms with van der Waals surface area (Å²) in [5.74, 6) is 0. The van der Waals surface area contributed by atoms with Crippen molar-refractivity contribution in [1.29, 1.82) is 0 Å². The number of aromatic nitrogens is 4. The first-order valence-corrected chi connectivity index (χ1v) is 7.42. The molecule has 2 N–H and O–H groups in total. The number of H-pyrrole nitrogens is 2. The van der Waals surface area contributed by atoms with Gasteiger partial charge in [-0.1, -0.05) is 23.2 Å². The molecule has 0 unspecified atom stereocenters. The summed E-state index contributed by atoms with van der Waals surface area (Å²) in [4.78, 5) is 27.5. The lowest BCUT2D eigenvalue weighted by Gasteiger charge is -2.28. The molecule has 6 nitrogen and oxygen atoms in total. The molecule has 0 radical (unpaired) electrons. The summed E-state index contributed by atoms with van der Waals surface area (Å²) < 4.78 is 0.333. The molecule has 9 heteroatoms. The van der Waals surface area contributed by atoms with E-state index in [-0.39, 0.29) is 5.56 Å². The summed E-state index contributed by atoms with van der Waals surface area (Å²) in [6.07, 6.45) is 1.97. The zero-order valence-corrected chi connectivity index (χ0v) is 13.1. The SMILES string of the molecule is O=c1[nH]c(=S)[nH]c2c1CCN(Cc1c(Cl)ncnc1Cl)C2. The van der Waals surface area contributed by atoms with Gasteiger partial charge in [-0.25, -0.2) is 9.97 Å². The first-order valence-electron chi connectivity index (χ1n) is 6.26. The number of hydrogen-bond acceptors (Lipinski definition) is 5. The molecule has 0 saturated carbocycles. The van der Waals surface area contributed by atoms with Gasteiger partial charge in [0, 0.05) is 36.5 Å². The molecule has 1 aliphatic heterocycles. The fourth-order valence-corrected chi connectivity index (χ4v) is 3.04. The highest BCUT2D eigenvalue weighted by Crippen LogP contribution is 2.24. The van der Waals surface area contributed by atoms with E-state index in [2.05, 4.69) is 24.8 Å². The van der Waals surface area contributed by atoms with Crippen molar-refractivity contribution in [2.45, 2.75) is 19.5 Å². The molecular weight excluding hydrogens is 333 g/mol. The molecule has 0 amide bonds. The maximum absolute atomic E-state index is 11.8. The van der Waals surface area contributed by atoms with Crippen molar-refractivity contribution < 1.29 is 0 Å². The maximum atomic E-state index is 11.8. The lowest BCUT2D eigenvalue weighted by atomic mass is 10.1. The fraction of sp³-hybridized carbons (Fsp3) is 0.333. The van der Waals surface area contributed by atoms with Crippen LogP contribution in [0.4, 0.5) is 0 Å².